The number of anilines is 1. The molecule has 0 spiro atoms. The number of hydrogen-bond acceptors (Lipinski definition) is 5. The number of carbonyl (C=O) groups is 2. The average Bonchev–Trinajstić information content (AvgIpc) is 2.87. The number of benzene rings is 3. The summed E-state index contributed by atoms with van der Waals surface area (Å²) in [4.78, 5) is 29.3. The summed E-state index contributed by atoms with van der Waals surface area (Å²) >= 11 is 1.43. The highest BCUT2D eigenvalue weighted by atomic mass is 32.2. The molecule has 0 saturated heterocycles. The van der Waals surface area contributed by atoms with E-state index in [1.165, 1.54) is 11.8 Å². The van der Waals surface area contributed by atoms with Crippen LogP contribution in [-0.4, -0.2) is 32.1 Å². The molecule has 35 heavy (non-hydrogen) atoms. The second-order valence-corrected chi connectivity index (χ2v) is 9.70. The highest BCUT2D eigenvalue weighted by Crippen LogP contribution is 2.42. The van der Waals surface area contributed by atoms with Crippen LogP contribution in [0.4, 0.5) is 5.69 Å². The van der Waals surface area contributed by atoms with Gasteiger partial charge in [-0.1, -0.05) is 42.1 Å². The van der Waals surface area contributed by atoms with Gasteiger partial charge in [-0.05, 0) is 66.9 Å². The predicted molar refractivity (Wildman–Crippen MR) is 138 cm³/mol. The smallest absolute Gasteiger partial charge is 0.264 e. The quantitative estimate of drug-likeness (QED) is 0.503. The van der Waals surface area contributed by atoms with Gasteiger partial charge in [0.25, 0.3) is 11.8 Å². The van der Waals surface area contributed by atoms with Crippen molar-refractivity contribution in [3.05, 3.63) is 87.8 Å². The van der Waals surface area contributed by atoms with E-state index in [1.807, 2.05) is 68.5 Å². The summed E-state index contributed by atoms with van der Waals surface area (Å²) in [6.07, 6.45) is 1.93. The maximum Gasteiger partial charge on any atom is 0.264 e. The highest BCUT2D eigenvalue weighted by molar-refractivity contribution is 8.04. The van der Waals surface area contributed by atoms with Crippen molar-refractivity contribution < 1.29 is 19.1 Å². The Kier molecular flexibility index (Phi) is 6.26. The van der Waals surface area contributed by atoms with Crippen LogP contribution in [0.5, 0.6) is 11.5 Å². The van der Waals surface area contributed by atoms with Crippen LogP contribution in [0, 0.1) is 6.92 Å². The summed E-state index contributed by atoms with van der Waals surface area (Å²) in [5.74, 6) is 1.11. The first-order chi connectivity index (χ1) is 16.9. The van der Waals surface area contributed by atoms with Gasteiger partial charge in [0.1, 0.15) is 13.2 Å². The molecule has 2 heterocycles. The van der Waals surface area contributed by atoms with Gasteiger partial charge in [-0.2, -0.15) is 0 Å². The maximum absolute atomic E-state index is 13.1. The van der Waals surface area contributed by atoms with Crippen LogP contribution in [-0.2, 0) is 4.79 Å². The van der Waals surface area contributed by atoms with Crippen LogP contribution in [0.25, 0.3) is 6.08 Å². The molecule has 3 aromatic rings. The Balaban J connectivity index is 1.34. The molecule has 1 unspecified atom stereocenters. The number of rotatable bonds is 4. The van der Waals surface area contributed by atoms with Gasteiger partial charge in [0, 0.05) is 17.5 Å². The topological polar surface area (TPSA) is 67.9 Å². The van der Waals surface area contributed by atoms with Crippen molar-refractivity contribution in [1.82, 2.24) is 5.32 Å². The summed E-state index contributed by atoms with van der Waals surface area (Å²) in [5.41, 5.74) is 4.28. The molecule has 0 aromatic heterocycles. The molecule has 1 N–H and O–H groups in total. The minimum Gasteiger partial charge on any atom is -0.486 e. The minimum atomic E-state index is -0.230. The van der Waals surface area contributed by atoms with Crippen LogP contribution in [0.3, 0.4) is 0 Å². The van der Waals surface area contributed by atoms with Crippen LogP contribution in [0.1, 0.15) is 40.0 Å². The van der Waals surface area contributed by atoms with Gasteiger partial charge in [-0.15, -0.1) is 0 Å². The molecule has 5 rings (SSSR count). The summed E-state index contributed by atoms with van der Waals surface area (Å²) in [7, 11) is 1.74. The molecule has 0 fully saturated rings. The lowest BCUT2D eigenvalue weighted by Gasteiger charge is -2.27. The molecule has 178 valence electrons. The summed E-state index contributed by atoms with van der Waals surface area (Å²) in [5, 5.41) is 3.04. The largest absolute Gasteiger partial charge is 0.486 e. The van der Waals surface area contributed by atoms with E-state index >= 15 is 0 Å². The maximum atomic E-state index is 13.1. The number of nitrogens with zero attached hydrogens (tertiary/aromatic N) is 1. The minimum absolute atomic E-state index is 0.0899. The SMILES string of the molecule is Cc1ccccc1/C=C1\Sc2ccc(C(=O)NC(C)c3ccc4c(c3)OCCO4)cc2N(C)C1=O. The van der Waals surface area contributed by atoms with Crippen molar-refractivity contribution in [3.63, 3.8) is 0 Å². The molecule has 2 aliphatic rings. The Bertz CT molecular complexity index is 1350. The monoisotopic (exact) mass is 486 g/mol. The first kappa shape index (κ1) is 23.1. The van der Waals surface area contributed by atoms with Crippen LogP contribution in [0.15, 0.2) is 70.5 Å². The number of aryl methyl sites for hydroxylation is 1. The van der Waals surface area contributed by atoms with Gasteiger partial charge < -0.3 is 19.7 Å². The zero-order valence-corrected chi connectivity index (χ0v) is 20.6. The molecule has 7 heteroatoms. The van der Waals surface area contributed by atoms with Crippen molar-refractivity contribution in [1.29, 1.82) is 0 Å². The Morgan fingerprint density at radius 3 is 2.63 bits per heavy atom. The third-order valence-corrected chi connectivity index (χ3v) is 7.28. The van der Waals surface area contributed by atoms with E-state index in [4.69, 9.17) is 9.47 Å². The number of hydrogen-bond donors (Lipinski definition) is 1. The van der Waals surface area contributed by atoms with Crippen molar-refractivity contribution >= 4 is 35.3 Å². The van der Waals surface area contributed by atoms with Crippen molar-refractivity contribution in [2.75, 3.05) is 25.2 Å². The standard InChI is InChI=1S/C28H26N2O4S/c1-17-6-4-5-7-19(17)16-26-28(32)30(3)22-14-21(9-11-25(22)35-26)27(31)29-18(2)20-8-10-23-24(15-20)34-13-12-33-23/h4-11,14-16,18H,12-13H2,1-3H3,(H,29,31)/b26-16-. The van der Waals surface area contributed by atoms with Crippen molar-refractivity contribution in [2.45, 2.75) is 24.8 Å². The summed E-state index contributed by atoms with van der Waals surface area (Å²) in [6.45, 7) is 5.00. The Morgan fingerprint density at radius 2 is 1.83 bits per heavy atom. The fourth-order valence-electron chi connectivity index (χ4n) is 4.12. The van der Waals surface area contributed by atoms with Gasteiger partial charge in [0.15, 0.2) is 11.5 Å². The average molecular weight is 487 g/mol. The predicted octanol–water partition coefficient (Wildman–Crippen LogP) is 5.37. The number of ether oxygens (including phenoxy) is 2. The molecule has 3 aromatic carbocycles. The number of carbonyl (C=O) groups excluding carboxylic acids is 2. The normalized spacial score (nSPS) is 16.6. The lowest BCUT2D eigenvalue weighted by Crippen LogP contribution is -2.31. The number of fused-ring (bicyclic) bond motifs is 2. The van der Waals surface area contributed by atoms with Gasteiger partial charge in [0.05, 0.1) is 16.6 Å². The molecule has 2 aliphatic heterocycles. The third kappa shape index (κ3) is 4.64. The third-order valence-electron chi connectivity index (χ3n) is 6.21. The second-order valence-electron chi connectivity index (χ2n) is 8.61. The van der Waals surface area contributed by atoms with E-state index in [9.17, 15) is 9.59 Å². The van der Waals surface area contributed by atoms with Crippen molar-refractivity contribution in [3.8, 4) is 11.5 Å². The first-order valence-electron chi connectivity index (χ1n) is 11.5. The van der Waals surface area contributed by atoms with Crippen molar-refractivity contribution in [2.24, 2.45) is 0 Å². The summed E-state index contributed by atoms with van der Waals surface area (Å²) in [6, 6.07) is 18.9. The lowest BCUT2D eigenvalue weighted by atomic mass is 10.1. The van der Waals surface area contributed by atoms with Crippen LogP contribution >= 0.6 is 11.8 Å². The van der Waals surface area contributed by atoms with E-state index in [0.29, 0.717) is 35.2 Å². The van der Waals surface area contributed by atoms with Gasteiger partial charge in [0.2, 0.25) is 0 Å². The Labute approximate surface area is 208 Å². The fraction of sp³-hybridized carbons (Fsp3) is 0.214. The van der Waals surface area contributed by atoms with E-state index in [-0.39, 0.29) is 17.9 Å². The van der Waals surface area contributed by atoms with Gasteiger partial charge >= 0.3 is 0 Å². The summed E-state index contributed by atoms with van der Waals surface area (Å²) < 4.78 is 11.2. The zero-order chi connectivity index (χ0) is 24.5. The number of likely N-dealkylation sites (N-methyl/N-ethyl adjacent to an activating group) is 1. The Morgan fingerprint density at radius 1 is 1.06 bits per heavy atom. The zero-order valence-electron chi connectivity index (χ0n) is 19.8. The number of amides is 2. The fourth-order valence-corrected chi connectivity index (χ4v) is 5.20. The molecule has 2 amide bonds. The highest BCUT2D eigenvalue weighted by Gasteiger charge is 2.28. The molecule has 0 radical (unpaired) electrons. The number of nitrogens with one attached hydrogen (secondary N) is 1. The molecule has 0 aliphatic carbocycles. The number of thioether (sulfide) groups is 1. The second kappa shape index (κ2) is 9.50. The molecular formula is C28H26N2O4S. The Hall–Kier alpha value is -3.71. The van der Waals surface area contributed by atoms with Crippen LogP contribution in [0.2, 0.25) is 0 Å². The molecule has 0 bridgehead atoms. The van der Waals surface area contributed by atoms with Gasteiger partial charge in [-0.3, -0.25) is 9.59 Å². The van der Waals surface area contributed by atoms with E-state index in [2.05, 4.69) is 5.32 Å². The van der Waals surface area contributed by atoms with Gasteiger partial charge in [-0.25, -0.2) is 0 Å². The molecular weight excluding hydrogens is 460 g/mol. The first-order valence-corrected chi connectivity index (χ1v) is 12.3. The lowest BCUT2D eigenvalue weighted by molar-refractivity contribution is -0.114. The van der Waals surface area contributed by atoms with E-state index in [1.54, 1.807) is 24.1 Å². The van der Waals surface area contributed by atoms with Crippen LogP contribution < -0.4 is 19.7 Å². The van der Waals surface area contributed by atoms with E-state index < -0.39 is 0 Å². The molecule has 0 saturated carbocycles. The van der Waals surface area contributed by atoms with E-state index in [0.717, 1.165) is 27.3 Å². The molecule has 6 nitrogen and oxygen atoms in total. The molecule has 1 atom stereocenters.